The van der Waals surface area contributed by atoms with Crippen molar-refractivity contribution in [1.29, 1.82) is 0 Å². The van der Waals surface area contributed by atoms with Crippen molar-refractivity contribution in [1.82, 2.24) is 5.32 Å². The second-order valence-electron chi connectivity index (χ2n) is 6.83. The number of rotatable bonds is 3. The molecular weight excluding hydrogens is 338 g/mol. The lowest BCUT2D eigenvalue weighted by Gasteiger charge is -2.19. The first kappa shape index (κ1) is 18.6. The highest BCUT2D eigenvalue weighted by Crippen LogP contribution is 2.31. The summed E-state index contributed by atoms with van der Waals surface area (Å²) in [7, 11) is 5.52. The summed E-state index contributed by atoms with van der Waals surface area (Å²) in [6, 6.07) is 11.4. The third-order valence-electron chi connectivity index (χ3n) is 4.67. The SMILES string of the molecule is CNC(=O)C1=CC(=Nc2c(C)cc(N(C)C)cc2C)c2ccccc2C1=O. The molecule has 3 rings (SSSR count). The summed E-state index contributed by atoms with van der Waals surface area (Å²) >= 11 is 0. The van der Waals surface area contributed by atoms with Gasteiger partial charge in [0, 0.05) is 38.0 Å². The standard InChI is InChI=1S/C22H23N3O2/c1-13-10-15(25(4)5)11-14(2)20(13)24-19-12-18(22(27)23-3)21(26)17-9-7-6-8-16(17)19/h6-12H,1-5H3,(H,23,27). The van der Waals surface area contributed by atoms with E-state index in [4.69, 9.17) is 4.99 Å². The normalized spacial score (nSPS) is 14.6. The fourth-order valence-corrected chi connectivity index (χ4v) is 3.21. The summed E-state index contributed by atoms with van der Waals surface area (Å²) in [6.07, 6.45) is 1.59. The van der Waals surface area contributed by atoms with Gasteiger partial charge in [0.15, 0.2) is 5.78 Å². The Kier molecular flexibility index (Phi) is 4.95. The molecule has 2 aromatic rings. The average Bonchev–Trinajstić information content (AvgIpc) is 2.65. The molecule has 0 heterocycles. The minimum atomic E-state index is -0.404. The molecular formula is C22H23N3O2. The number of aryl methyl sites for hydroxylation is 2. The second kappa shape index (κ2) is 7.19. The summed E-state index contributed by atoms with van der Waals surface area (Å²) in [6.45, 7) is 4.03. The molecule has 0 saturated heterocycles. The number of nitrogens with zero attached hydrogens (tertiary/aromatic N) is 2. The zero-order chi connectivity index (χ0) is 19.7. The number of amides is 1. The molecule has 0 fully saturated rings. The molecule has 1 N–H and O–H groups in total. The van der Waals surface area contributed by atoms with Gasteiger partial charge in [-0.05, 0) is 43.2 Å². The summed E-state index contributed by atoms with van der Waals surface area (Å²) in [4.78, 5) is 31.8. The molecule has 2 aromatic carbocycles. The molecule has 1 aliphatic carbocycles. The van der Waals surface area contributed by atoms with Crippen molar-refractivity contribution in [2.24, 2.45) is 4.99 Å². The Hall–Kier alpha value is -3.21. The Morgan fingerprint density at radius 3 is 2.19 bits per heavy atom. The second-order valence-corrected chi connectivity index (χ2v) is 6.83. The van der Waals surface area contributed by atoms with Crippen molar-refractivity contribution in [2.45, 2.75) is 13.8 Å². The Labute approximate surface area is 159 Å². The first-order chi connectivity index (χ1) is 12.8. The fraction of sp³-hybridized carbons (Fsp3) is 0.227. The van der Waals surface area contributed by atoms with Crippen molar-refractivity contribution < 1.29 is 9.59 Å². The number of Topliss-reactive ketones (excluding diaryl/α,β-unsaturated/α-hetero) is 1. The topological polar surface area (TPSA) is 61.8 Å². The van der Waals surface area contributed by atoms with E-state index in [1.165, 1.54) is 7.05 Å². The maximum Gasteiger partial charge on any atom is 0.255 e. The van der Waals surface area contributed by atoms with Crippen LogP contribution in [0, 0.1) is 13.8 Å². The molecule has 5 heteroatoms. The highest BCUT2D eigenvalue weighted by atomic mass is 16.2. The fourth-order valence-electron chi connectivity index (χ4n) is 3.21. The third-order valence-corrected chi connectivity index (χ3v) is 4.67. The summed E-state index contributed by atoms with van der Waals surface area (Å²) in [5.74, 6) is -0.682. The third kappa shape index (κ3) is 3.40. The van der Waals surface area contributed by atoms with Gasteiger partial charge in [-0.1, -0.05) is 24.3 Å². The first-order valence-corrected chi connectivity index (χ1v) is 8.78. The molecule has 138 valence electrons. The molecule has 0 aliphatic heterocycles. The van der Waals surface area contributed by atoms with E-state index in [-0.39, 0.29) is 11.4 Å². The van der Waals surface area contributed by atoms with E-state index in [1.807, 2.05) is 40.1 Å². The number of carbonyl (C=O) groups excluding carboxylic acids is 2. The maximum atomic E-state index is 12.7. The lowest BCUT2D eigenvalue weighted by molar-refractivity contribution is -0.116. The molecule has 0 unspecified atom stereocenters. The van der Waals surface area contributed by atoms with E-state index < -0.39 is 5.91 Å². The van der Waals surface area contributed by atoms with Crippen LogP contribution in [0.15, 0.2) is 53.0 Å². The number of allylic oxidation sites excluding steroid dienone is 1. The van der Waals surface area contributed by atoms with Crippen molar-refractivity contribution in [3.63, 3.8) is 0 Å². The molecule has 0 atom stereocenters. The van der Waals surface area contributed by atoms with Crippen LogP contribution >= 0.6 is 0 Å². The van der Waals surface area contributed by atoms with Gasteiger partial charge in [-0.3, -0.25) is 9.59 Å². The molecule has 0 aromatic heterocycles. The summed E-state index contributed by atoms with van der Waals surface area (Å²) in [5, 5.41) is 2.53. The number of aliphatic imine (C=N–C) groups is 1. The van der Waals surface area contributed by atoms with Gasteiger partial charge in [0.2, 0.25) is 0 Å². The van der Waals surface area contributed by atoms with Gasteiger partial charge in [-0.25, -0.2) is 4.99 Å². The molecule has 27 heavy (non-hydrogen) atoms. The molecule has 5 nitrogen and oxygen atoms in total. The minimum absolute atomic E-state index is 0.107. The number of ketones is 1. The van der Waals surface area contributed by atoms with Gasteiger partial charge >= 0.3 is 0 Å². The Bertz CT molecular complexity index is 977. The number of carbonyl (C=O) groups is 2. The highest BCUT2D eigenvalue weighted by molar-refractivity contribution is 6.35. The van der Waals surface area contributed by atoms with Gasteiger partial charge in [0.05, 0.1) is 17.0 Å². The molecule has 0 radical (unpaired) electrons. The lowest BCUT2D eigenvalue weighted by atomic mass is 9.88. The quantitative estimate of drug-likeness (QED) is 0.853. The Morgan fingerprint density at radius 1 is 1.04 bits per heavy atom. The molecule has 0 saturated carbocycles. The predicted octanol–water partition coefficient (Wildman–Crippen LogP) is 3.36. The maximum absolute atomic E-state index is 12.7. The van der Waals surface area contributed by atoms with E-state index in [9.17, 15) is 9.59 Å². The van der Waals surface area contributed by atoms with E-state index in [2.05, 4.69) is 22.3 Å². The van der Waals surface area contributed by atoms with Gasteiger partial charge in [-0.2, -0.15) is 0 Å². The van der Waals surface area contributed by atoms with Crippen LogP contribution in [0.2, 0.25) is 0 Å². The monoisotopic (exact) mass is 361 g/mol. The summed E-state index contributed by atoms with van der Waals surface area (Å²) in [5.41, 5.74) is 6.00. The Balaban J connectivity index is 2.21. The van der Waals surface area contributed by atoms with Crippen LogP contribution in [0.3, 0.4) is 0 Å². The number of benzene rings is 2. The van der Waals surface area contributed by atoms with Crippen LogP contribution in [0.1, 0.15) is 27.0 Å². The van der Waals surface area contributed by atoms with E-state index in [0.29, 0.717) is 11.3 Å². The van der Waals surface area contributed by atoms with Crippen LogP contribution in [-0.2, 0) is 4.79 Å². The summed E-state index contributed by atoms with van der Waals surface area (Å²) < 4.78 is 0. The van der Waals surface area contributed by atoms with E-state index in [0.717, 1.165) is 28.1 Å². The first-order valence-electron chi connectivity index (χ1n) is 8.78. The number of hydrogen-bond acceptors (Lipinski definition) is 4. The smallest absolute Gasteiger partial charge is 0.255 e. The highest BCUT2D eigenvalue weighted by Gasteiger charge is 2.28. The van der Waals surface area contributed by atoms with Crippen molar-refractivity contribution in [2.75, 3.05) is 26.0 Å². The van der Waals surface area contributed by atoms with Gasteiger partial charge in [-0.15, -0.1) is 0 Å². The van der Waals surface area contributed by atoms with E-state index in [1.54, 1.807) is 18.2 Å². The Morgan fingerprint density at radius 2 is 1.63 bits per heavy atom. The average molecular weight is 361 g/mol. The van der Waals surface area contributed by atoms with Crippen molar-refractivity contribution >= 4 is 28.8 Å². The lowest BCUT2D eigenvalue weighted by Crippen LogP contribution is -2.29. The number of fused-ring (bicyclic) bond motifs is 1. The van der Waals surface area contributed by atoms with Crippen LogP contribution in [0.25, 0.3) is 0 Å². The number of anilines is 1. The number of likely N-dealkylation sites (N-methyl/N-ethyl adjacent to an activating group) is 1. The van der Waals surface area contributed by atoms with E-state index >= 15 is 0 Å². The largest absolute Gasteiger partial charge is 0.378 e. The van der Waals surface area contributed by atoms with Gasteiger partial charge in [0.25, 0.3) is 5.91 Å². The number of hydrogen-bond donors (Lipinski definition) is 1. The van der Waals surface area contributed by atoms with Crippen LogP contribution in [0.4, 0.5) is 11.4 Å². The molecule has 0 bridgehead atoms. The molecule has 1 aliphatic rings. The van der Waals surface area contributed by atoms with Crippen LogP contribution in [-0.4, -0.2) is 38.5 Å². The number of nitrogens with one attached hydrogen (secondary N) is 1. The van der Waals surface area contributed by atoms with Crippen LogP contribution in [0.5, 0.6) is 0 Å². The van der Waals surface area contributed by atoms with Crippen molar-refractivity contribution in [3.8, 4) is 0 Å². The molecule has 1 amide bonds. The van der Waals surface area contributed by atoms with Gasteiger partial charge < -0.3 is 10.2 Å². The zero-order valence-corrected chi connectivity index (χ0v) is 16.3. The van der Waals surface area contributed by atoms with Crippen molar-refractivity contribution in [3.05, 3.63) is 70.3 Å². The van der Waals surface area contributed by atoms with Gasteiger partial charge in [0.1, 0.15) is 0 Å². The minimum Gasteiger partial charge on any atom is -0.378 e. The molecule has 0 spiro atoms. The predicted molar refractivity (Wildman–Crippen MR) is 109 cm³/mol. The van der Waals surface area contributed by atoms with Crippen LogP contribution < -0.4 is 10.2 Å². The zero-order valence-electron chi connectivity index (χ0n) is 16.3.